The number of hydrogen-bond acceptors (Lipinski definition) is 4. The van der Waals surface area contributed by atoms with Gasteiger partial charge in [-0.2, -0.15) is 23.3 Å². The van der Waals surface area contributed by atoms with Gasteiger partial charge in [0.25, 0.3) is 5.56 Å². The van der Waals surface area contributed by atoms with Crippen LogP contribution < -0.4 is 5.56 Å². The lowest BCUT2D eigenvalue weighted by Crippen LogP contribution is -2.12. The minimum Gasteiger partial charge on any atom is -0.318 e. The van der Waals surface area contributed by atoms with Gasteiger partial charge in [0.2, 0.25) is 5.28 Å². The van der Waals surface area contributed by atoms with Crippen LogP contribution in [0, 0.1) is 5.82 Å². The number of rotatable bonds is 5. The molecule has 162 valence electrons. The van der Waals surface area contributed by atoms with Crippen LogP contribution in [0.25, 0.3) is 22.6 Å². The number of hydrogen-bond donors (Lipinski definition) is 1. The van der Waals surface area contributed by atoms with E-state index in [4.69, 9.17) is 11.6 Å². The highest BCUT2D eigenvalue weighted by Crippen LogP contribution is 2.31. The molecule has 4 aromatic rings. The Balaban J connectivity index is 1.69. The third-order valence-corrected chi connectivity index (χ3v) is 4.79. The maximum absolute atomic E-state index is 13.8. The Bertz CT molecular complexity index is 1320. The van der Waals surface area contributed by atoms with Gasteiger partial charge >= 0.3 is 6.18 Å². The van der Waals surface area contributed by atoms with Crippen molar-refractivity contribution in [1.82, 2.24) is 29.3 Å². The van der Waals surface area contributed by atoms with E-state index in [2.05, 4.69) is 20.1 Å². The molecule has 3 heterocycles. The first-order valence-corrected chi connectivity index (χ1v) is 9.59. The first kappa shape index (κ1) is 21.0. The summed E-state index contributed by atoms with van der Waals surface area (Å²) in [6.45, 7) is 2.48. The first-order chi connectivity index (χ1) is 14.7. The number of halogens is 5. The van der Waals surface area contributed by atoms with Gasteiger partial charge in [-0.25, -0.2) is 9.37 Å². The quantitative estimate of drug-likeness (QED) is 0.361. The van der Waals surface area contributed by atoms with Gasteiger partial charge in [0.05, 0.1) is 23.9 Å². The van der Waals surface area contributed by atoms with Crippen LogP contribution >= 0.6 is 11.6 Å². The second-order valence-corrected chi connectivity index (χ2v) is 7.21. The van der Waals surface area contributed by atoms with E-state index in [9.17, 15) is 22.4 Å². The molecular formula is C19H15ClF4N6O. The van der Waals surface area contributed by atoms with Crippen LogP contribution in [0.5, 0.6) is 0 Å². The van der Waals surface area contributed by atoms with E-state index in [1.807, 2.05) is 6.92 Å². The fourth-order valence-electron chi connectivity index (χ4n) is 3.32. The van der Waals surface area contributed by atoms with E-state index in [0.29, 0.717) is 29.6 Å². The number of benzene rings is 1. The van der Waals surface area contributed by atoms with Crippen molar-refractivity contribution >= 4 is 22.8 Å². The van der Waals surface area contributed by atoms with E-state index in [-0.39, 0.29) is 23.0 Å². The van der Waals surface area contributed by atoms with Crippen molar-refractivity contribution in [2.24, 2.45) is 0 Å². The third kappa shape index (κ3) is 4.05. The monoisotopic (exact) mass is 454 g/mol. The average Bonchev–Trinajstić information content (AvgIpc) is 3.25. The van der Waals surface area contributed by atoms with Crippen molar-refractivity contribution in [2.75, 3.05) is 0 Å². The number of fused-ring (bicyclic) bond motifs is 1. The van der Waals surface area contributed by atoms with Gasteiger partial charge in [-0.1, -0.05) is 13.0 Å². The smallest absolute Gasteiger partial charge is 0.318 e. The molecule has 0 amide bonds. The average molecular weight is 455 g/mol. The van der Waals surface area contributed by atoms with Crippen LogP contribution in [-0.4, -0.2) is 29.3 Å². The molecule has 4 rings (SSSR count). The topological polar surface area (TPSA) is 81.4 Å². The maximum Gasteiger partial charge on any atom is 0.419 e. The fourth-order valence-corrected chi connectivity index (χ4v) is 3.48. The molecule has 3 aromatic heterocycles. The Kier molecular flexibility index (Phi) is 5.29. The summed E-state index contributed by atoms with van der Waals surface area (Å²) in [5.41, 5.74) is -0.396. The molecule has 31 heavy (non-hydrogen) atoms. The fraction of sp³-hybridized carbons (Fsp3) is 0.263. The summed E-state index contributed by atoms with van der Waals surface area (Å²) < 4.78 is 55.2. The first-order valence-electron chi connectivity index (χ1n) is 9.22. The molecule has 0 bridgehead atoms. The van der Waals surface area contributed by atoms with Gasteiger partial charge in [-0.05, 0) is 35.7 Å². The lowest BCUT2D eigenvalue weighted by Gasteiger charge is -2.09. The number of aromatic amines is 1. The van der Waals surface area contributed by atoms with Gasteiger partial charge < -0.3 is 4.57 Å². The van der Waals surface area contributed by atoms with E-state index in [0.717, 1.165) is 12.5 Å². The molecule has 1 aromatic carbocycles. The van der Waals surface area contributed by atoms with Crippen LogP contribution in [-0.2, 0) is 19.3 Å². The van der Waals surface area contributed by atoms with Crippen molar-refractivity contribution in [3.8, 4) is 11.4 Å². The second kappa shape index (κ2) is 7.80. The van der Waals surface area contributed by atoms with E-state index in [1.54, 1.807) is 10.8 Å². The number of aryl methyl sites for hydroxylation is 1. The largest absolute Gasteiger partial charge is 0.419 e. The molecule has 0 saturated heterocycles. The molecule has 0 aliphatic heterocycles. The van der Waals surface area contributed by atoms with Crippen molar-refractivity contribution in [3.63, 3.8) is 0 Å². The van der Waals surface area contributed by atoms with Gasteiger partial charge in [-0.15, -0.1) is 0 Å². The summed E-state index contributed by atoms with van der Waals surface area (Å²) >= 11 is 5.82. The third-order valence-electron chi connectivity index (χ3n) is 4.61. The number of imidazole rings is 1. The highest BCUT2D eigenvalue weighted by atomic mass is 35.5. The van der Waals surface area contributed by atoms with Gasteiger partial charge in [0.1, 0.15) is 11.6 Å². The molecule has 0 atom stereocenters. The summed E-state index contributed by atoms with van der Waals surface area (Å²) in [5.74, 6) is -0.897. The summed E-state index contributed by atoms with van der Waals surface area (Å²) in [6.07, 6.45) is -0.920. The predicted molar refractivity (Wildman–Crippen MR) is 105 cm³/mol. The van der Waals surface area contributed by atoms with E-state index >= 15 is 0 Å². The molecule has 0 saturated carbocycles. The van der Waals surface area contributed by atoms with Crippen molar-refractivity contribution in [1.29, 1.82) is 0 Å². The van der Waals surface area contributed by atoms with Crippen LogP contribution in [0.1, 0.15) is 24.5 Å². The van der Waals surface area contributed by atoms with Crippen molar-refractivity contribution < 1.29 is 17.6 Å². The molecule has 1 N–H and O–H groups in total. The minimum atomic E-state index is -4.76. The lowest BCUT2D eigenvalue weighted by atomic mass is 10.1. The van der Waals surface area contributed by atoms with E-state index < -0.39 is 23.1 Å². The molecule has 7 nitrogen and oxygen atoms in total. The van der Waals surface area contributed by atoms with Crippen LogP contribution in [0.2, 0.25) is 5.28 Å². The molecule has 0 radical (unpaired) electrons. The second-order valence-electron chi connectivity index (χ2n) is 6.85. The van der Waals surface area contributed by atoms with Crippen LogP contribution in [0.4, 0.5) is 17.6 Å². The zero-order valence-electron chi connectivity index (χ0n) is 16.0. The summed E-state index contributed by atoms with van der Waals surface area (Å²) in [5, 5.41) is 4.11. The standard InChI is InChI=1S/C19H15ClF4N6O/c1-2-5-30-14-15(27-18(20)28-17(14)31)26-16(30)11-7-25-29(9-11)8-10-3-4-12(13(21)6-10)19(22,23)24/h3-4,6-7,9H,2,5,8H2,1H3,(H,27,28,31). The normalized spacial score (nSPS) is 12.1. The molecule has 0 spiro atoms. The zero-order valence-corrected chi connectivity index (χ0v) is 16.8. The van der Waals surface area contributed by atoms with Crippen LogP contribution in [0.15, 0.2) is 35.4 Å². The number of nitrogens with one attached hydrogen (secondary N) is 1. The zero-order chi connectivity index (χ0) is 22.3. The number of alkyl halides is 3. The Morgan fingerprint density at radius 1 is 1.23 bits per heavy atom. The molecular weight excluding hydrogens is 440 g/mol. The number of aromatic nitrogens is 6. The Labute approximate surface area is 177 Å². The summed E-state index contributed by atoms with van der Waals surface area (Å²) in [4.78, 5) is 23.2. The lowest BCUT2D eigenvalue weighted by molar-refractivity contribution is -0.140. The van der Waals surface area contributed by atoms with Gasteiger partial charge in [0.15, 0.2) is 11.2 Å². The van der Waals surface area contributed by atoms with Crippen LogP contribution in [0.3, 0.4) is 0 Å². The number of nitrogens with zero attached hydrogens (tertiary/aromatic N) is 5. The number of H-pyrrole nitrogens is 1. The highest BCUT2D eigenvalue weighted by molar-refractivity contribution is 6.28. The van der Waals surface area contributed by atoms with E-state index in [1.165, 1.54) is 16.9 Å². The van der Waals surface area contributed by atoms with Crippen molar-refractivity contribution in [3.05, 3.63) is 63.2 Å². The Morgan fingerprint density at radius 3 is 2.68 bits per heavy atom. The molecule has 0 fully saturated rings. The maximum atomic E-state index is 13.8. The van der Waals surface area contributed by atoms with Gasteiger partial charge in [0, 0.05) is 12.7 Å². The molecule has 12 heteroatoms. The molecule has 0 unspecified atom stereocenters. The highest BCUT2D eigenvalue weighted by Gasteiger charge is 2.33. The summed E-state index contributed by atoms with van der Waals surface area (Å²) in [7, 11) is 0. The Hall–Kier alpha value is -3.21. The van der Waals surface area contributed by atoms with Crippen molar-refractivity contribution in [2.45, 2.75) is 32.6 Å². The summed E-state index contributed by atoms with van der Waals surface area (Å²) in [6, 6.07) is 2.74. The molecule has 0 aliphatic rings. The predicted octanol–water partition coefficient (Wildman–Crippen LogP) is 4.25. The Morgan fingerprint density at radius 2 is 2.00 bits per heavy atom. The SMILES string of the molecule is CCCn1c(-c2cnn(Cc3ccc(C(F)(F)F)c(F)c3)c2)nc2nc(Cl)[nH]c(=O)c21. The van der Waals surface area contributed by atoms with Gasteiger partial charge in [-0.3, -0.25) is 14.5 Å². The molecule has 0 aliphatic carbocycles. The minimum absolute atomic E-state index is 0.0493.